The highest BCUT2D eigenvalue weighted by Crippen LogP contribution is 2.24. The average molecular weight is 344 g/mol. The second-order valence-electron chi connectivity index (χ2n) is 6.49. The van der Waals surface area contributed by atoms with E-state index in [9.17, 15) is 4.79 Å². The Morgan fingerprint density at radius 3 is 2.62 bits per heavy atom. The zero-order valence-electron chi connectivity index (χ0n) is 13.8. The molecule has 1 aromatic carbocycles. The SMILES string of the molecule is O=C(O)C1CCC(NCc2csc(CCc3ccccc3)n2)CC1. The molecule has 1 aliphatic carbocycles. The lowest BCUT2D eigenvalue weighted by Crippen LogP contribution is -2.34. The van der Waals surface area contributed by atoms with Crippen LogP contribution < -0.4 is 5.32 Å². The van der Waals surface area contributed by atoms with Gasteiger partial charge in [0.2, 0.25) is 0 Å². The van der Waals surface area contributed by atoms with Gasteiger partial charge in [0.1, 0.15) is 0 Å². The molecule has 1 fully saturated rings. The highest BCUT2D eigenvalue weighted by atomic mass is 32.1. The number of hydrogen-bond donors (Lipinski definition) is 2. The number of aromatic nitrogens is 1. The molecule has 0 amide bonds. The first-order chi connectivity index (χ1) is 11.7. The largest absolute Gasteiger partial charge is 0.481 e. The van der Waals surface area contributed by atoms with Crippen LogP contribution in [0, 0.1) is 5.92 Å². The number of carboxylic acids is 1. The fourth-order valence-corrected chi connectivity index (χ4v) is 4.03. The summed E-state index contributed by atoms with van der Waals surface area (Å²) in [6, 6.07) is 10.9. The van der Waals surface area contributed by atoms with Gasteiger partial charge in [0.25, 0.3) is 0 Å². The number of carbonyl (C=O) groups is 1. The molecule has 0 saturated heterocycles. The van der Waals surface area contributed by atoms with Crippen LogP contribution in [0.1, 0.15) is 41.9 Å². The van der Waals surface area contributed by atoms with Crippen LogP contribution in [0.3, 0.4) is 0 Å². The van der Waals surface area contributed by atoms with Crippen molar-refractivity contribution in [1.29, 1.82) is 0 Å². The van der Waals surface area contributed by atoms with Crippen molar-refractivity contribution in [1.82, 2.24) is 10.3 Å². The highest BCUT2D eigenvalue weighted by Gasteiger charge is 2.25. The summed E-state index contributed by atoms with van der Waals surface area (Å²) in [5, 5.41) is 15.9. The number of hydrogen-bond acceptors (Lipinski definition) is 4. The standard InChI is InChI=1S/C19H24N2O2S/c22-19(23)15-7-9-16(10-8-15)20-12-17-13-24-18(21-17)11-6-14-4-2-1-3-5-14/h1-5,13,15-16,20H,6-12H2,(H,22,23). The number of nitrogens with zero attached hydrogens (tertiary/aromatic N) is 1. The van der Waals surface area contributed by atoms with E-state index in [0.717, 1.165) is 50.8 Å². The molecule has 1 aromatic heterocycles. The second-order valence-corrected chi connectivity index (χ2v) is 7.43. The van der Waals surface area contributed by atoms with Gasteiger partial charge in [-0.3, -0.25) is 4.79 Å². The van der Waals surface area contributed by atoms with Gasteiger partial charge in [0.05, 0.1) is 16.6 Å². The van der Waals surface area contributed by atoms with E-state index < -0.39 is 5.97 Å². The molecule has 2 N–H and O–H groups in total. The van der Waals surface area contributed by atoms with Crippen molar-refractivity contribution < 1.29 is 9.90 Å². The molecule has 1 heterocycles. The summed E-state index contributed by atoms with van der Waals surface area (Å²) in [5.41, 5.74) is 2.45. The predicted octanol–water partition coefficient (Wildman–Crippen LogP) is 3.66. The van der Waals surface area contributed by atoms with Crippen LogP contribution >= 0.6 is 11.3 Å². The van der Waals surface area contributed by atoms with Crippen LogP contribution in [0.15, 0.2) is 35.7 Å². The van der Waals surface area contributed by atoms with Gasteiger partial charge in [0, 0.05) is 24.4 Å². The smallest absolute Gasteiger partial charge is 0.306 e. The molecule has 5 heteroatoms. The molecule has 1 saturated carbocycles. The monoisotopic (exact) mass is 344 g/mol. The van der Waals surface area contributed by atoms with Crippen molar-refractivity contribution in [2.24, 2.45) is 5.92 Å². The number of thiazole rings is 1. The molecule has 0 spiro atoms. The van der Waals surface area contributed by atoms with Crippen LogP contribution in [0.25, 0.3) is 0 Å². The van der Waals surface area contributed by atoms with E-state index in [1.807, 2.05) is 6.07 Å². The second kappa shape index (κ2) is 8.40. The minimum absolute atomic E-state index is 0.146. The molecule has 0 radical (unpaired) electrons. The maximum atomic E-state index is 11.0. The van der Waals surface area contributed by atoms with Gasteiger partial charge in [-0.2, -0.15) is 0 Å². The van der Waals surface area contributed by atoms with Crippen LogP contribution in [-0.2, 0) is 24.2 Å². The number of benzene rings is 1. The van der Waals surface area contributed by atoms with Gasteiger partial charge in [-0.15, -0.1) is 11.3 Å². The van der Waals surface area contributed by atoms with Gasteiger partial charge in [0.15, 0.2) is 0 Å². The third-order valence-corrected chi connectivity index (χ3v) is 5.68. The molecule has 0 atom stereocenters. The van der Waals surface area contributed by atoms with E-state index in [0.29, 0.717) is 6.04 Å². The van der Waals surface area contributed by atoms with E-state index in [-0.39, 0.29) is 5.92 Å². The molecule has 0 bridgehead atoms. The van der Waals surface area contributed by atoms with Gasteiger partial charge in [-0.25, -0.2) is 4.98 Å². The molecule has 0 unspecified atom stereocenters. The fraction of sp³-hybridized carbons (Fsp3) is 0.474. The third-order valence-electron chi connectivity index (χ3n) is 4.72. The first kappa shape index (κ1) is 17.1. The minimum Gasteiger partial charge on any atom is -0.481 e. The Morgan fingerprint density at radius 2 is 1.92 bits per heavy atom. The van der Waals surface area contributed by atoms with E-state index >= 15 is 0 Å². The van der Waals surface area contributed by atoms with E-state index in [1.165, 1.54) is 10.6 Å². The van der Waals surface area contributed by atoms with E-state index in [2.05, 4.69) is 35.0 Å². The summed E-state index contributed by atoms with van der Waals surface area (Å²) in [6.45, 7) is 0.782. The summed E-state index contributed by atoms with van der Waals surface area (Å²) in [5.74, 6) is -0.789. The highest BCUT2D eigenvalue weighted by molar-refractivity contribution is 7.09. The zero-order chi connectivity index (χ0) is 16.8. The zero-order valence-corrected chi connectivity index (χ0v) is 14.6. The Bertz CT molecular complexity index is 648. The number of aryl methyl sites for hydroxylation is 2. The maximum Gasteiger partial charge on any atom is 0.306 e. The minimum atomic E-state index is -0.643. The Labute approximate surface area is 146 Å². The molecule has 0 aliphatic heterocycles. The van der Waals surface area contributed by atoms with Crippen molar-refractivity contribution in [2.75, 3.05) is 0 Å². The van der Waals surface area contributed by atoms with Crippen LogP contribution in [0.4, 0.5) is 0 Å². The van der Waals surface area contributed by atoms with Crippen LogP contribution in [0.5, 0.6) is 0 Å². The molecule has 128 valence electrons. The molecule has 4 nitrogen and oxygen atoms in total. The number of aliphatic carboxylic acids is 1. The average Bonchev–Trinajstić information content (AvgIpc) is 3.07. The Morgan fingerprint density at radius 1 is 1.17 bits per heavy atom. The predicted molar refractivity (Wildman–Crippen MR) is 96.2 cm³/mol. The quantitative estimate of drug-likeness (QED) is 0.805. The van der Waals surface area contributed by atoms with Crippen molar-refractivity contribution >= 4 is 17.3 Å². The Hall–Kier alpha value is -1.72. The fourth-order valence-electron chi connectivity index (χ4n) is 3.23. The van der Waals surface area contributed by atoms with E-state index in [1.54, 1.807) is 11.3 Å². The summed E-state index contributed by atoms with van der Waals surface area (Å²) < 4.78 is 0. The number of nitrogens with one attached hydrogen (secondary N) is 1. The first-order valence-electron chi connectivity index (χ1n) is 8.64. The third kappa shape index (κ3) is 4.89. The van der Waals surface area contributed by atoms with E-state index in [4.69, 9.17) is 10.1 Å². The molecular formula is C19H24N2O2S. The summed E-state index contributed by atoms with van der Waals surface area (Å²) in [4.78, 5) is 15.7. The van der Waals surface area contributed by atoms with Gasteiger partial charge < -0.3 is 10.4 Å². The lowest BCUT2D eigenvalue weighted by molar-refractivity contribution is -0.142. The molecular weight excluding hydrogens is 320 g/mol. The van der Waals surface area contributed by atoms with Gasteiger partial charge in [-0.1, -0.05) is 30.3 Å². The molecule has 2 aromatic rings. The molecule has 3 rings (SSSR count). The topological polar surface area (TPSA) is 62.2 Å². The molecule has 1 aliphatic rings. The number of rotatable bonds is 7. The van der Waals surface area contributed by atoms with Crippen molar-refractivity contribution in [2.45, 2.75) is 51.1 Å². The van der Waals surface area contributed by atoms with Gasteiger partial charge in [-0.05, 0) is 37.7 Å². The molecule has 24 heavy (non-hydrogen) atoms. The van der Waals surface area contributed by atoms with Crippen LogP contribution in [0.2, 0.25) is 0 Å². The first-order valence-corrected chi connectivity index (χ1v) is 9.52. The van der Waals surface area contributed by atoms with Crippen LogP contribution in [-0.4, -0.2) is 22.1 Å². The van der Waals surface area contributed by atoms with Crippen molar-refractivity contribution in [3.63, 3.8) is 0 Å². The normalized spacial score (nSPS) is 20.8. The lowest BCUT2D eigenvalue weighted by atomic mass is 9.86. The Kier molecular flexibility index (Phi) is 5.99. The van der Waals surface area contributed by atoms with Crippen molar-refractivity contribution in [3.05, 3.63) is 52.0 Å². The summed E-state index contributed by atoms with van der Waals surface area (Å²) in [6.07, 6.45) is 5.47. The Balaban J connectivity index is 1.41. The summed E-state index contributed by atoms with van der Waals surface area (Å²) >= 11 is 1.73. The van der Waals surface area contributed by atoms with Crippen molar-refractivity contribution in [3.8, 4) is 0 Å². The summed E-state index contributed by atoms with van der Waals surface area (Å²) in [7, 11) is 0. The lowest BCUT2D eigenvalue weighted by Gasteiger charge is -2.26. The van der Waals surface area contributed by atoms with Gasteiger partial charge >= 0.3 is 5.97 Å². The maximum absolute atomic E-state index is 11.0. The number of carboxylic acid groups (broad SMARTS) is 1.